The molecule has 0 atom stereocenters. The SMILES string of the molecule is Cc1ccc(-c2csc(NC(=O)COC(=O)/C=C/c3ccc(Cl)cc3)n2)cc1. The summed E-state index contributed by atoms with van der Waals surface area (Å²) in [6.45, 7) is 1.63. The Hall–Kier alpha value is -2.96. The summed E-state index contributed by atoms with van der Waals surface area (Å²) in [5.41, 5.74) is 3.72. The first-order chi connectivity index (χ1) is 13.5. The van der Waals surface area contributed by atoms with Crippen LogP contribution in [-0.4, -0.2) is 23.5 Å². The van der Waals surface area contributed by atoms with E-state index in [4.69, 9.17) is 16.3 Å². The summed E-state index contributed by atoms with van der Waals surface area (Å²) in [6.07, 6.45) is 2.85. The zero-order valence-electron chi connectivity index (χ0n) is 15.0. The van der Waals surface area contributed by atoms with Crippen molar-refractivity contribution in [2.75, 3.05) is 11.9 Å². The van der Waals surface area contributed by atoms with Crippen LogP contribution in [0, 0.1) is 6.92 Å². The van der Waals surface area contributed by atoms with Gasteiger partial charge in [0.25, 0.3) is 5.91 Å². The minimum Gasteiger partial charge on any atom is -0.452 e. The van der Waals surface area contributed by atoms with Crippen LogP contribution in [0.3, 0.4) is 0 Å². The number of halogens is 1. The van der Waals surface area contributed by atoms with E-state index >= 15 is 0 Å². The van der Waals surface area contributed by atoms with Gasteiger partial charge in [-0.15, -0.1) is 11.3 Å². The number of carbonyl (C=O) groups excluding carboxylic acids is 2. The molecular weight excluding hydrogens is 396 g/mol. The molecule has 1 amide bonds. The van der Waals surface area contributed by atoms with Crippen LogP contribution in [0.25, 0.3) is 17.3 Å². The molecule has 5 nitrogen and oxygen atoms in total. The third-order valence-corrected chi connectivity index (χ3v) is 4.73. The quantitative estimate of drug-likeness (QED) is 0.458. The lowest BCUT2D eigenvalue weighted by Crippen LogP contribution is -2.20. The number of thiazole rings is 1. The Morgan fingerprint density at radius 3 is 2.57 bits per heavy atom. The Balaban J connectivity index is 1.48. The molecule has 2 aromatic carbocycles. The summed E-state index contributed by atoms with van der Waals surface area (Å²) < 4.78 is 4.94. The summed E-state index contributed by atoms with van der Waals surface area (Å²) in [5, 5.41) is 5.56. The first kappa shape index (κ1) is 19.8. The fourth-order valence-electron chi connectivity index (χ4n) is 2.27. The van der Waals surface area contributed by atoms with Crippen LogP contribution < -0.4 is 5.32 Å². The predicted molar refractivity (Wildman–Crippen MR) is 112 cm³/mol. The Labute approximate surface area is 171 Å². The topological polar surface area (TPSA) is 68.3 Å². The molecule has 3 aromatic rings. The maximum Gasteiger partial charge on any atom is 0.331 e. The number of benzene rings is 2. The van der Waals surface area contributed by atoms with Gasteiger partial charge in [0.2, 0.25) is 0 Å². The summed E-state index contributed by atoms with van der Waals surface area (Å²) in [4.78, 5) is 28.1. The summed E-state index contributed by atoms with van der Waals surface area (Å²) >= 11 is 7.12. The van der Waals surface area contributed by atoms with Crippen molar-refractivity contribution in [1.29, 1.82) is 0 Å². The van der Waals surface area contributed by atoms with Gasteiger partial charge in [-0.2, -0.15) is 0 Å². The summed E-state index contributed by atoms with van der Waals surface area (Å²) in [5.74, 6) is -1.05. The van der Waals surface area contributed by atoms with Crippen LogP contribution in [0.5, 0.6) is 0 Å². The molecule has 3 rings (SSSR count). The first-order valence-electron chi connectivity index (χ1n) is 8.42. The summed E-state index contributed by atoms with van der Waals surface area (Å²) in [7, 11) is 0. The molecule has 1 aromatic heterocycles. The van der Waals surface area contributed by atoms with E-state index in [0.717, 1.165) is 16.8 Å². The molecule has 0 bridgehead atoms. The molecule has 0 unspecified atom stereocenters. The van der Waals surface area contributed by atoms with Crippen LogP contribution in [-0.2, 0) is 14.3 Å². The van der Waals surface area contributed by atoms with Gasteiger partial charge < -0.3 is 4.74 Å². The standard InChI is InChI=1S/C21H17ClN2O3S/c1-14-2-7-16(8-3-14)18-13-28-21(23-18)24-19(25)12-27-20(26)11-6-15-4-9-17(22)10-5-15/h2-11,13H,12H2,1H3,(H,23,24,25)/b11-6+. The van der Waals surface area contributed by atoms with E-state index in [1.165, 1.54) is 23.0 Å². The number of aromatic nitrogens is 1. The maximum absolute atomic E-state index is 12.0. The van der Waals surface area contributed by atoms with Gasteiger partial charge in [-0.25, -0.2) is 9.78 Å². The van der Waals surface area contributed by atoms with Crippen molar-refractivity contribution < 1.29 is 14.3 Å². The Bertz CT molecular complexity index is 995. The number of nitrogens with one attached hydrogen (secondary N) is 1. The zero-order valence-corrected chi connectivity index (χ0v) is 16.6. The number of hydrogen-bond acceptors (Lipinski definition) is 5. The molecule has 0 fully saturated rings. The van der Waals surface area contributed by atoms with Crippen molar-refractivity contribution in [2.24, 2.45) is 0 Å². The minimum absolute atomic E-state index is 0.386. The van der Waals surface area contributed by atoms with Crippen molar-refractivity contribution in [1.82, 2.24) is 4.98 Å². The number of carbonyl (C=O) groups is 2. The third kappa shape index (κ3) is 5.77. The number of amides is 1. The normalized spacial score (nSPS) is 10.8. The molecule has 142 valence electrons. The summed E-state index contributed by atoms with van der Waals surface area (Å²) in [6, 6.07) is 14.9. The van der Waals surface area contributed by atoms with E-state index in [1.807, 2.05) is 36.6 Å². The van der Waals surface area contributed by atoms with E-state index in [2.05, 4.69) is 10.3 Å². The fourth-order valence-corrected chi connectivity index (χ4v) is 3.13. The van der Waals surface area contributed by atoms with E-state index in [1.54, 1.807) is 30.3 Å². The minimum atomic E-state index is -0.607. The second-order valence-electron chi connectivity index (χ2n) is 5.94. The lowest BCUT2D eigenvalue weighted by atomic mass is 10.1. The number of aryl methyl sites for hydroxylation is 1. The highest BCUT2D eigenvalue weighted by Gasteiger charge is 2.10. The molecule has 0 aliphatic rings. The van der Waals surface area contributed by atoms with E-state index in [-0.39, 0.29) is 6.61 Å². The molecule has 1 heterocycles. The second kappa shape index (κ2) is 9.30. The number of anilines is 1. The van der Waals surface area contributed by atoms with Crippen molar-refractivity contribution >= 4 is 46.0 Å². The van der Waals surface area contributed by atoms with E-state index in [9.17, 15) is 9.59 Å². The van der Waals surface area contributed by atoms with Crippen LogP contribution in [0.2, 0.25) is 5.02 Å². The van der Waals surface area contributed by atoms with Gasteiger partial charge in [-0.05, 0) is 30.7 Å². The van der Waals surface area contributed by atoms with Gasteiger partial charge in [0.15, 0.2) is 11.7 Å². The number of ether oxygens (including phenoxy) is 1. The number of nitrogens with zero attached hydrogens (tertiary/aromatic N) is 1. The average Bonchev–Trinajstić information content (AvgIpc) is 3.15. The van der Waals surface area contributed by atoms with Crippen molar-refractivity contribution in [3.05, 3.63) is 76.1 Å². The van der Waals surface area contributed by atoms with Gasteiger partial charge in [0, 0.05) is 22.0 Å². The van der Waals surface area contributed by atoms with E-state index < -0.39 is 11.9 Å². The lowest BCUT2D eigenvalue weighted by molar-refractivity contribution is -0.142. The van der Waals surface area contributed by atoms with Gasteiger partial charge in [0.05, 0.1) is 5.69 Å². The highest BCUT2D eigenvalue weighted by molar-refractivity contribution is 7.14. The van der Waals surface area contributed by atoms with Crippen LogP contribution in [0.1, 0.15) is 11.1 Å². The third-order valence-electron chi connectivity index (χ3n) is 3.73. The van der Waals surface area contributed by atoms with Crippen LogP contribution >= 0.6 is 22.9 Å². The van der Waals surface area contributed by atoms with Gasteiger partial charge in [-0.1, -0.05) is 53.6 Å². The molecular formula is C21H17ClN2O3S. The van der Waals surface area contributed by atoms with Gasteiger partial charge >= 0.3 is 5.97 Å². The first-order valence-corrected chi connectivity index (χ1v) is 9.68. The Morgan fingerprint density at radius 2 is 1.86 bits per heavy atom. The Morgan fingerprint density at radius 1 is 1.14 bits per heavy atom. The number of esters is 1. The van der Waals surface area contributed by atoms with Crippen LogP contribution in [0.4, 0.5) is 5.13 Å². The highest BCUT2D eigenvalue weighted by Crippen LogP contribution is 2.25. The van der Waals surface area contributed by atoms with Crippen LogP contribution in [0.15, 0.2) is 60.0 Å². The predicted octanol–water partition coefficient (Wildman–Crippen LogP) is 4.97. The van der Waals surface area contributed by atoms with E-state index in [0.29, 0.717) is 10.2 Å². The smallest absolute Gasteiger partial charge is 0.331 e. The Kier molecular flexibility index (Phi) is 6.57. The maximum atomic E-state index is 12.0. The zero-order chi connectivity index (χ0) is 19.9. The molecule has 0 saturated heterocycles. The molecule has 0 radical (unpaired) electrons. The monoisotopic (exact) mass is 412 g/mol. The van der Waals surface area contributed by atoms with Crippen molar-refractivity contribution in [3.8, 4) is 11.3 Å². The van der Waals surface area contributed by atoms with Crippen molar-refractivity contribution in [3.63, 3.8) is 0 Å². The highest BCUT2D eigenvalue weighted by atomic mass is 35.5. The molecule has 28 heavy (non-hydrogen) atoms. The number of rotatable bonds is 6. The number of hydrogen-bond donors (Lipinski definition) is 1. The van der Waals surface area contributed by atoms with Crippen molar-refractivity contribution in [2.45, 2.75) is 6.92 Å². The lowest BCUT2D eigenvalue weighted by Gasteiger charge is -2.02. The molecule has 0 aliphatic carbocycles. The molecule has 0 spiro atoms. The molecule has 7 heteroatoms. The van der Waals surface area contributed by atoms with Gasteiger partial charge in [-0.3, -0.25) is 10.1 Å². The fraction of sp³-hybridized carbons (Fsp3) is 0.0952. The average molecular weight is 413 g/mol. The molecule has 0 aliphatic heterocycles. The molecule has 1 N–H and O–H groups in total. The second-order valence-corrected chi connectivity index (χ2v) is 7.24. The largest absolute Gasteiger partial charge is 0.452 e. The molecule has 0 saturated carbocycles. The van der Waals surface area contributed by atoms with Gasteiger partial charge in [0.1, 0.15) is 0 Å².